The van der Waals surface area contributed by atoms with Crippen LogP contribution in [-0.4, -0.2) is 64.7 Å². The number of amides is 1. The van der Waals surface area contributed by atoms with Gasteiger partial charge in [-0.2, -0.15) is 5.10 Å². The van der Waals surface area contributed by atoms with Crippen molar-refractivity contribution in [1.29, 1.82) is 0 Å². The average Bonchev–Trinajstić information content (AvgIpc) is 3.07. The number of fused-ring (bicyclic) bond motifs is 3. The first-order chi connectivity index (χ1) is 13.6. The van der Waals surface area contributed by atoms with Crippen molar-refractivity contribution in [2.45, 2.75) is 26.7 Å². The molecule has 0 bridgehead atoms. The smallest absolute Gasteiger partial charge is 0.220 e. The summed E-state index contributed by atoms with van der Waals surface area (Å²) in [7, 11) is 0. The minimum Gasteiger partial charge on any atom is -0.355 e. The van der Waals surface area contributed by atoms with E-state index in [1.54, 1.807) is 0 Å². The second-order valence-electron chi connectivity index (χ2n) is 7.46. The van der Waals surface area contributed by atoms with E-state index in [1.165, 1.54) is 0 Å². The summed E-state index contributed by atoms with van der Waals surface area (Å²) in [5, 5.41) is 12.1. The molecule has 1 aliphatic heterocycles. The van der Waals surface area contributed by atoms with Crippen molar-refractivity contribution in [3.63, 3.8) is 0 Å². The second-order valence-corrected chi connectivity index (χ2v) is 7.46. The molecule has 0 aliphatic carbocycles. The van der Waals surface area contributed by atoms with Gasteiger partial charge in [-0.25, -0.2) is 9.50 Å². The highest BCUT2D eigenvalue weighted by atomic mass is 35.5. The molecule has 1 aliphatic rings. The van der Waals surface area contributed by atoms with Crippen LogP contribution in [0, 0.1) is 13.8 Å². The van der Waals surface area contributed by atoms with Gasteiger partial charge in [0.2, 0.25) is 5.91 Å². The topological polar surface area (TPSA) is 74.6 Å². The van der Waals surface area contributed by atoms with Crippen LogP contribution in [0.1, 0.15) is 23.4 Å². The number of nitrogens with zero attached hydrogens (tertiary/aromatic N) is 4. The van der Waals surface area contributed by atoms with Gasteiger partial charge in [-0.1, -0.05) is 12.1 Å². The quantitative estimate of drug-likeness (QED) is 0.641. The van der Waals surface area contributed by atoms with E-state index in [4.69, 9.17) is 4.98 Å². The zero-order chi connectivity index (χ0) is 19.5. The van der Waals surface area contributed by atoms with Gasteiger partial charge in [0, 0.05) is 62.5 Å². The molecule has 156 valence electrons. The Hall–Kier alpha value is -2.22. The van der Waals surface area contributed by atoms with Crippen LogP contribution in [-0.2, 0) is 11.2 Å². The number of benzene rings is 1. The largest absolute Gasteiger partial charge is 0.355 e. The van der Waals surface area contributed by atoms with Gasteiger partial charge in [-0.3, -0.25) is 9.69 Å². The van der Waals surface area contributed by atoms with Gasteiger partial charge in [-0.05, 0) is 38.0 Å². The monoisotopic (exact) mass is 416 g/mol. The molecule has 0 atom stereocenters. The van der Waals surface area contributed by atoms with Crippen molar-refractivity contribution >= 4 is 34.9 Å². The standard InChI is InChI=1S/C21H28N6O.ClH/c1-15-17(7-8-20(28)23-11-14-26-12-9-22-10-13-26)16(2)27-21(24-15)18-5-3-4-6-19(18)25-27;/h3-6,22H,7-14H2,1-2H3,(H,23,28);1H. The third-order valence-electron chi connectivity index (χ3n) is 5.58. The number of aryl methyl sites for hydroxylation is 2. The first kappa shape index (κ1) is 21.5. The molecule has 29 heavy (non-hydrogen) atoms. The van der Waals surface area contributed by atoms with E-state index in [0.717, 1.165) is 66.2 Å². The summed E-state index contributed by atoms with van der Waals surface area (Å²) in [6.45, 7) is 9.88. The number of carbonyl (C=O) groups is 1. The van der Waals surface area contributed by atoms with Crippen LogP contribution < -0.4 is 10.6 Å². The fraction of sp³-hybridized carbons (Fsp3) is 0.476. The van der Waals surface area contributed by atoms with Crippen LogP contribution in [0.5, 0.6) is 0 Å². The molecule has 0 unspecified atom stereocenters. The highest BCUT2D eigenvalue weighted by Crippen LogP contribution is 2.22. The predicted molar refractivity (Wildman–Crippen MR) is 118 cm³/mol. The molecule has 0 saturated carbocycles. The van der Waals surface area contributed by atoms with Crippen LogP contribution in [0.15, 0.2) is 24.3 Å². The fourth-order valence-corrected chi connectivity index (χ4v) is 3.95. The predicted octanol–water partition coefficient (Wildman–Crippen LogP) is 1.88. The Kier molecular flexibility index (Phi) is 7.05. The van der Waals surface area contributed by atoms with Gasteiger partial charge < -0.3 is 10.6 Å². The second kappa shape index (κ2) is 9.52. The van der Waals surface area contributed by atoms with Crippen molar-refractivity contribution in [3.8, 4) is 0 Å². The lowest BCUT2D eigenvalue weighted by molar-refractivity contribution is -0.121. The number of rotatable bonds is 6. The Morgan fingerprint density at radius 2 is 1.97 bits per heavy atom. The average molecular weight is 417 g/mol. The lowest BCUT2D eigenvalue weighted by atomic mass is 10.1. The Morgan fingerprint density at radius 3 is 2.76 bits per heavy atom. The Balaban J connectivity index is 0.00000240. The highest BCUT2D eigenvalue weighted by molar-refractivity contribution is 5.92. The molecule has 0 spiro atoms. The van der Waals surface area contributed by atoms with Crippen molar-refractivity contribution in [2.24, 2.45) is 0 Å². The number of hydrogen-bond acceptors (Lipinski definition) is 5. The SMILES string of the molecule is Cc1nc2c3ccccc3nn2c(C)c1CCC(=O)NCCN1CCNCC1.Cl. The number of hydrogen-bond donors (Lipinski definition) is 2. The molecule has 1 aromatic carbocycles. The van der Waals surface area contributed by atoms with E-state index in [0.29, 0.717) is 19.4 Å². The van der Waals surface area contributed by atoms with E-state index >= 15 is 0 Å². The third-order valence-corrected chi connectivity index (χ3v) is 5.58. The molecule has 3 aromatic rings. The molecule has 0 radical (unpaired) electrons. The molecule has 2 aromatic heterocycles. The first-order valence-corrected chi connectivity index (χ1v) is 10.1. The summed E-state index contributed by atoms with van der Waals surface area (Å²) in [5.41, 5.74) is 4.98. The molecular formula is C21H29ClN6O. The number of nitrogens with one attached hydrogen (secondary N) is 2. The van der Waals surface area contributed by atoms with Crippen molar-refractivity contribution in [2.75, 3.05) is 39.3 Å². The molecular weight excluding hydrogens is 388 g/mol. The maximum absolute atomic E-state index is 12.3. The fourth-order valence-electron chi connectivity index (χ4n) is 3.95. The maximum atomic E-state index is 12.3. The Bertz CT molecular complexity index is 996. The van der Waals surface area contributed by atoms with E-state index in [-0.39, 0.29) is 18.3 Å². The normalized spacial score (nSPS) is 14.8. The molecule has 1 fully saturated rings. The number of piperazine rings is 1. The van der Waals surface area contributed by atoms with E-state index in [9.17, 15) is 4.79 Å². The van der Waals surface area contributed by atoms with Gasteiger partial charge in [0.25, 0.3) is 0 Å². The molecule has 4 rings (SSSR count). The highest BCUT2D eigenvalue weighted by Gasteiger charge is 2.15. The van der Waals surface area contributed by atoms with E-state index in [1.807, 2.05) is 29.6 Å². The van der Waals surface area contributed by atoms with Gasteiger partial charge >= 0.3 is 0 Å². The van der Waals surface area contributed by atoms with Crippen LogP contribution in [0.2, 0.25) is 0 Å². The van der Waals surface area contributed by atoms with Crippen molar-refractivity contribution in [3.05, 3.63) is 41.2 Å². The van der Waals surface area contributed by atoms with Crippen molar-refractivity contribution in [1.82, 2.24) is 30.1 Å². The summed E-state index contributed by atoms with van der Waals surface area (Å²) >= 11 is 0. The van der Waals surface area contributed by atoms with Crippen LogP contribution >= 0.6 is 12.4 Å². The summed E-state index contributed by atoms with van der Waals surface area (Å²) in [6.07, 6.45) is 1.15. The molecule has 1 amide bonds. The van der Waals surface area contributed by atoms with E-state index in [2.05, 4.69) is 33.6 Å². The van der Waals surface area contributed by atoms with Gasteiger partial charge in [0.05, 0.1) is 5.52 Å². The van der Waals surface area contributed by atoms with Gasteiger partial charge in [0.15, 0.2) is 5.65 Å². The molecule has 2 N–H and O–H groups in total. The molecule has 3 heterocycles. The van der Waals surface area contributed by atoms with Gasteiger partial charge in [0.1, 0.15) is 0 Å². The number of halogens is 1. The third kappa shape index (κ3) is 4.69. The Morgan fingerprint density at radius 1 is 1.21 bits per heavy atom. The molecule has 7 nitrogen and oxygen atoms in total. The maximum Gasteiger partial charge on any atom is 0.220 e. The molecule has 1 saturated heterocycles. The number of aromatic nitrogens is 3. The van der Waals surface area contributed by atoms with Crippen LogP contribution in [0.25, 0.3) is 16.6 Å². The minimum atomic E-state index is 0. The lowest BCUT2D eigenvalue weighted by Crippen LogP contribution is -2.46. The summed E-state index contributed by atoms with van der Waals surface area (Å²) in [4.78, 5) is 19.5. The van der Waals surface area contributed by atoms with Crippen LogP contribution in [0.4, 0.5) is 0 Å². The van der Waals surface area contributed by atoms with E-state index < -0.39 is 0 Å². The summed E-state index contributed by atoms with van der Waals surface area (Å²) in [6, 6.07) is 8.05. The minimum absolute atomic E-state index is 0. The Labute approximate surface area is 177 Å². The molecule has 8 heteroatoms. The lowest BCUT2D eigenvalue weighted by Gasteiger charge is -2.27. The number of carbonyl (C=O) groups excluding carboxylic acids is 1. The van der Waals surface area contributed by atoms with Crippen molar-refractivity contribution < 1.29 is 4.79 Å². The van der Waals surface area contributed by atoms with Gasteiger partial charge in [-0.15, -0.1) is 12.4 Å². The van der Waals surface area contributed by atoms with Crippen LogP contribution in [0.3, 0.4) is 0 Å². The summed E-state index contributed by atoms with van der Waals surface area (Å²) in [5.74, 6) is 0.0969. The zero-order valence-electron chi connectivity index (χ0n) is 17.1. The first-order valence-electron chi connectivity index (χ1n) is 10.1. The zero-order valence-corrected chi connectivity index (χ0v) is 17.9. The summed E-state index contributed by atoms with van der Waals surface area (Å²) < 4.78 is 1.91.